The number of thiophene rings is 1. The molecule has 1 aliphatic heterocycles. The largest absolute Gasteiger partial charge is 0.326 e. The molecule has 110 valence electrons. The van der Waals surface area contributed by atoms with E-state index in [-0.39, 0.29) is 36.5 Å². The second kappa shape index (κ2) is 6.03. The van der Waals surface area contributed by atoms with Gasteiger partial charge in [0, 0.05) is 15.8 Å². The van der Waals surface area contributed by atoms with Crippen molar-refractivity contribution in [1.82, 2.24) is 10.2 Å². The number of hydrogen-bond acceptors (Lipinski definition) is 5. The van der Waals surface area contributed by atoms with E-state index in [2.05, 4.69) is 5.32 Å². The third-order valence-electron chi connectivity index (χ3n) is 3.59. The van der Waals surface area contributed by atoms with Crippen LogP contribution in [0.3, 0.4) is 0 Å². The summed E-state index contributed by atoms with van der Waals surface area (Å²) in [6.07, 6.45) is 0.659. The highest BCUT2D eigenvalue weighted by atomic mass is 32.1. The number of carbonyl (C=O) groups is 2. The molecule has 3 atom stereocenters. The van der Waals surface area contributed by atoms with Gasteiger partial charge in [0.1, 0.15) is 0 Å². The van der Waals surface area contributed by atoms with Crippen LogP contribution >= 0.6 is 11.3 Å². The Bertz CT molecular complexity index is 512. The van der Waals surface area contributed by atoms with Crippen LogP contribution in [0.25, 0.3) is 0 Å². The van der Waals surface area contributed by atoms with Crippen LogP contribution in [0.5, 0.6) is 0 Å². The summed E-state index contributed by atoms with van der Waals surface area (Å²) >= 11 is 1.67. The lowest BCUT2D eigenvalue weighted by Gasteiger charge is -2.40. The molecule has 0 aliphatic carbocycles. The fourth-order valence-corrected chi connectivity index (χ4v) is 3.85. The number of piperazine rings is 1. The Balaban J connectivity index is 2.36. The number of aryl methyl sites for hydroxylation is 1. The molecule has 1 aliphatic rings. The van der Waals surface area contributed by atoms with Crippen molar-refractivity contribution in [3.8, 4) is 0 Å². The maximum Gasteiger partial charge on any atom is 0.243 e. The van der Waals surface area contributed by atoms with Crippen molar-refractivity contribution in [3.05, 3.63) is 21.9 Å². The van der Waals surface area contributed by atoms with Gasteiger partial charge in [0.2, 0.25) is 11.8 Å². The maximum atomic E-state index is 12.0. The van der Waals surface area contributed by atoms with Gasteiger partial charge in [0.25, 0.3) is 0 Å². The predicted octanol–water partition coefficient (Wildman–Crippen LogP) is 1.18. The van der Waals surface area contributed by atoms with Gasteiger partial charge in [-0.3, -0.25) is 19.8 Å². The predicted molar refractivity (Wildman–Crippen MR) is 79.4 cm³/mol. The van der Waals surface area contributed by atoms with Gasteiger partial charge in [-0.25, -0.2) is 0 Å². The summed E-state index contributed by atoms with van der Waals surface area (Å²) in [6, 6.07) is 3.53. The molecular formula is C14H21N3O2S. The molecule has 1 aromatic heterocycles. The van der Waals surface area contributed by atoms with Crippen LogP contribution in [-0.4, -0.2) is 35.3 Å². The number of nitrogens with two attached hydrogens (primary N) is 1. The number of nitrogens with zero attached hydrogens (tertiary/aromatic N) is 1. The molecule has 6 heteroatoms. The molecule has 0 bridgehead atoms. The average Bonchev–Trinajstić information content (AvgIpc) is 2.75. The molecule has 5 nitrogen and oxygen atoms in total. The zero-order chi connectivity index (χ0) is 14.9. The molecule has 1 aromatic rings. The number of amides is 2. The second-order valence-electron chi connectivity index (χ2n) is 5.26. The molecule has 0 saturated carbocycles. The van der Waals surface area contributed by atoms with Crippen LogP contribution in [-0.2, 0) is 9.59 Å². The van der Waals surface area contributed by atoms with Crippen molar-refractivity contribution in [2.75, 3.05) is 6.54 Å². The summed E-state index contributed by atoms with van der Waals surface area (Å²) in [6.45, 7) is 6.12. The van der Waals surface area contributed by atoms with E-state index >= 15 is 0 Å². The molecule has 1 fully saturated rings. The normalized spacial score (nSPS) is 23.5. The minimum atomic E-state index is -0.300. The minimum absolute atomic E-state index is 0.103. The Hall–Kier alpha value is -1.24. The molecule has 2 heterocycles. The standard InChI is InChI=1S/C14H21N3O2S/c1-4-10-14(19)16-12(18)7-17(10)13(9(3)15)11-6-5-8(2)20-11/h5-6,9-10,13H,4,7,15H2,1-3H3,(H,16,18,19). The number of nitrogens with one attached hydrogen (secondary N) is 1. The summed E-state index contributed by atoms with van der Waals surface area (Å²) in [5, 5.41) is 2.40. The van der Waals surface area contributed by atoms with Crippen molar-refractivity contribution in [2.45, 2.75) is 45.3 Å². The van der Waals surface area contributed by atoms with E-state index in [0.29, 0.717) is 6.42 Å². The fraction of sp³-hybridized carbons (Fsp3) is 0.571. The Morgan fingerprint density at radius 2 is 2.20 bits per heavy atom. The lowest BCUT2D eigenvalue weighted by atomic mass is 10.0. The van der Waals surface area contributed by atoms with Gasteiger partial charge in [-0.05, 0) is 32.4 Å². The highest BCUT2D eigenvalue weighted by Crippen LogP contribution is 2.32. The van der Waals surface area contributed by atoms with E-state index in [1.165, 1.54) is 4.88 Å². The van der Waals surface area contributed by atoms with Crippen molar-refractivity contribution >= 4 is 23.2 Å². The van der Waals surface area contributed by atoms with Gasteiger partial charge in [0.05, 0.1) is 18.6 Å². The molecular weight excluding hydrogens is 274 g/mol. The second-order valence-corrected chi connectivity index (χ2v) is 6.58. The molecule has 3 N–H and O–H groups in total. The molecule has 2 rings (SSSR count). The molecule has 0 aromatic carbocycles. The first-order valence-electron chi connectivity index (χ1n) is 6.85. The summed E-state index contributed by atoms with van der Waals surface area (Å²) in [4.78, 5) is 27.9. The SMILES string of the molecule is CCC1C(=O)NC(=O)CN1C(c1ccc(C)s1)C(C)N. The van der Waals surface area contributed by atoms with Crippen LogP contribution in [0.1, 0.15) is 36.1 Å². The van der Waals surface area contributed by atoms with Crippen LogP contribution in [0, 0.1) is 6.92 Å². The van der Waals surface area contributed by atoms with Gasteiger partial charge >= 0.3 is 0 Å². The molecule has 20 heavy (non-hydrogen) atoms. The van der Waals surface area contributed by atoms with Crippen molar-refractivity contribution in [1.29, 1.82) is 0 Å². The first-order valence-corrected chi connectivity index (χ1v) is 7.67. The Morgan fingerprint density at radius 3 is 2.70 bits per heavy atom. The lowest BCUT2D eigenvalue weighted by Crippen LogP contribution is -2.60. The quantitative estimate of drug-likeness (QED) is 0.818. The van der Waals surface area contributed by atoms with E-state index in [9.17, 15) is 9.59 Å². The van der Waals surface area contributed by atoms with Gasteiger partial charge in [0.15, 0.2) is 0 Å². The minimum Gasteiger partial charge on any atom is -0.326 e. The Kier molecular flexibility index (Phi) is 4.57. The van der Waals surface area contributed by atoms with Crippen molar-refractivity contribution in [3.63, 3.8) is 0 Å². The Labute approximate surface area is 123 Å². The van der Waals surface area contributed by atoms with Crippen LogP contribution in [0.2, 0.25) is 0 Å². The van der Waals surface area contributed by atoms with Gasteiger partial charge in [-0.1, -0.05) is 6.92 Å². The van der Waals surface area contributed by atoms with E-state index in [0.717, 1.165) is 4.88 Å². The topological polar surface area (TPSA) is 75.4 Å². The summed E-state index contributed by atoms with van der Waals surface area (Å²) in [7, 11) is 0. The van der Waals surface area contributed by atoms with E-state index in [1.54, 1.807) is 11.3 Å². The number of hydrogen-bond donors (Lipinski definition) is 2. The lowest BCUT2D eigenvalue weighted by molar-refractivity contribution is -0.142. The Morgan fingerprint density at radius 1 is 1.50 bits per heavy atom. The fourth-order valence-electron chi connectivity index (χ4n) is 2.74. The highest BCUT2D eigenvalue weighted by molar-refractivity contribution is 7.12. The average molecular weight is 295 g/mol. The summed E-state index contributed by atoms with van der Waals surface area (Å²) in [5.74, 6) is -0.471. The van der Waals surface area contributed by atoms with Crippen LogP contribution in [0.15, 0.2) is 12.1 Å². The molecule has 2 amide bonds. The first-order chi connectivity index (χ1) is 9.43. The third kappa shape index (κ3) is 2.92. The molecule has 3 unspecified atom stereocenters. The third-order valence-corrected chi connectivity index (χ3v) is 4.66. The van der Waals surface area contributed by atoms with E-state index < -0.39 is 0 Å². The van der Waals surface area contributed by atoms with Crippen LogP contribution in [0.4, 0.5) is 0 Å². The van der Waals surface area contributed by atoms with Gasteiger partial charge in [-0.2, -0.15) is 0 Å². The van der Waals surface area contributed by atoms with Crippen LogP contribution < -0.4 is 11.1 Å². The maximum absolute atomic E-state index is 12.0. The molecule has 0 spiro atoms. The number of rotatable bonds is 4. The first kappa shape index (κ1) is 15.2. The number of imide groups is 1. The van der Waals surface area contributed by atoms with Crippen molar-refractivity contribution < 1.29 is 9.59 Å². The summed E-state index contributed by atoms with van der Waals surface area (Å²) < 4.78 is 0. The highest BCUT2D eigenvalue weighted by Gasteiger charge is 2.39. The van der Waals surface area contributed by atoms with Gasteiger partial charge < -0.3 is 5.73 Å². The molecule has 1 saturated heterocycles. The zero-order valence-corrected chi connectivity index (χ0v) is 12.9. The van der Waals surface area contributed by atoms with E-state index in [4.69, 9.17) is 5.73 Å². The van der Waals surface area contributed by atoms with E-state index in [1.807, 2.05) is 37.8 Å². The molecule has 0 radical (unpaired) electrons. The van der Waals surface area contributed by atoms with Crippen molar-refractivity contribution in [2.24, 2.45) is 5.73 Å². The monoisotopic (exact) mass is 295 g/mol. The van der Waals surface area contributed by atoms with Gasteiger partial charge in [-0.15, -0.1) is 11.3 Å². The number of carbonyl (C=O) groups excluding carboxylic acids is 2. The zero-order valence-electron chi connectivity index (χ0n) is 12.1. The summed E-state index contributed by atoms with van der Waals surface area (Å²) in [5.41, 5.74) is 6.14. The smallest absolute Gasteiger partial charge is 0.243 e.